The fraction of sp³-hybridized carbons (Fsp3) is 0.421. The van der Waals surface area contributed by atoms with Crippen molar-refractivity contribution in [3.8, 4) is 5.75 Å². The lowest BCUT2D eigenvalue weighted by Crippen LogP contribution is -2.32. The average molecular weight is 368 g/mol. The van der Waals surface area contributed by atoms with Gasteiger partial charge in [0.15, 0.2) is 0 Å². The summed E-state index contributed by atoms with van der Waals surface area (Å²) in [7, 11) is 0. The van der Waals surface area contributed by atoms with Gasteiger partial charge in [0.1, 0.15) is 23.3 Å². The molecule has 0 radical (unpaired) electrons. The van der Waals surface area contributed by atoms with E-state index in [1.165, 1.54) is 0 Å². The Hall–Kier alpha value is -3.03. The fourth-order valence-electron chi connectivity index (χ4n) is 3.79. The quantitative estimate of drug-likeness (QED) is 0.848. The molecule has 1 aliphatic carbocycles. The van der Waals surface area contributed by atoms with Gasteiger partial charge < -0.3 is 25.4 Å². The van der Waals surface area contributed by atoms with Crippen LogP contribution in [0.4, 0.5) is 10.6 Å². The van der Waals surface area contributed by atoms with Crippen LogP contribution in [-0.4, -0.2) is 47.8 Å². The molecule has 2 saturated heterocycles. The molecule has 2 aliphatic heterocycles. The minimum Gasteiger partial charge on any atom is -0.487 e. The fourth-order valence-corrected chi connectivity index (χ4v) is 3.79. The summed E-state index contributed by atoms with van der Waals surface area (Å²) < 4.78 is 11.4. The van der Waals surface area contributed by atoms with E-state index in [4.69, 9.17) is 15.2 Å². The van der Waals surface area contributed by atoms with Crippen molar-refractivity contribution in [1.82, 2.24) is 10.3 Å². The number of nitrogens with zero attached hydrogens (tertiary/aromatic N) is 2. The van der Waals surface area contributed by atoms with E-state index in [9.17, 15) is 9.59 Å². The van der Waals surface area contributed by atoms with E-state index >= 15 is 0 Å². The van der Waals surface area contributed by atoms with Gasteiger partial charge in [-0.15, -0.1) is 0 Å². The summed E-state index contributed by atoms with van der Waals surface area (Å²) in [6.45, 7) is 3.21. The minimum atomic E-state index is -0.513. The molecule has 1 aromatic heterocycles. The Kier molecular flexibility index (Phi) is 3.28. The third-order valence-electron chi connectivity index (χ3n) is 5.55. The first-order valence-corrected chi connectivity index (χ1v) is 9.06. The van der Waals surface area contributed by atoms with Crippen LogP contribution in [0.1, 0.15) is 30.1 Å². The van der Waals surface area contributed by atoms with E-state index < -0.39 is 5.91 Å². The maximum absolute atomic E-state index is 11.9. The molecule has 0 unspecified atom stereocenters. The molecule has 8 nitrogen and oxygen atoms in total. The number of nitrogens with one attached hydrogen (secondary N) is 1. The first-order chi connectivity index (χ1) is 12.9. The van der Waals surface area contributed by atoms with Crippen LogP contribution in [0.3, 0.4) is 0 Å². The van der Waals surface area contributed by atoms with Crippen molar-refractivity contribution in [2.24, 2.45) is 5.73 Å². The number of hydrogen-bond donors (Lipinski definition) is 2. The van der Waals surface area contributed by atoms with Gasteiger partial charge in [-0.25, -0.2) is 9.78 Å². The number of nitrogens with two attached hydrogens (primary N) is 1. The van der Waals surface area contributed by atoms with E-state index in [2.05, 4.69) is 15.2 Å². The van der Waals surface area contributed by atoms with Crippen LogP contribution in [-0.2, 0) is 4.74 Å². The zero-order chi connectivity index (χ0) is 18.8. The summed E-state index contributed by atoms with van der Waals surface area (Å²) in [5.74, 6) is 0.760. The molecular weight excluding hydrogens is 348 g/mol. The number of alkyl carbamates (subject to hydrolysis) is 1. The molecule has 1 saturated carbocycles. The third kappa shape index (κ3) is 2.72. The second-order valence-electron chi connectivity index (χ2n) is 7.72. The van der Waals surface area contributed by atoms with E-state index in [1.807, 2.05) is 19.1 Å². The van der Waals surface area contributed by atoms with Crippen molar-refractivity contribution >= 4 is 28.6 Å². The first-order valence-electron chi connectivity index (χ1n) is 9.06. The van der Waals surface area contributed by atoms with Crippen LogP contribution in [0.2, 0.25) is 0 Å². The molecule has 2 amide bonds. The van der Waals surface area contributed by atoms with Crippen molar-refractivity contribution < 1.29 is 19.1 Å². The van der Waals surface area contributed by atoms with Crippen LogP contribution in [0.15, 0.2) is 24.4 Å². The highest BCUT2D eigenvalue weighted by Gasteiger charge is 2.43. The summed E-state index contributed by atoms with van der Waals surface area (Å²) in [6.07, 6.45) is 3.07. The van der Waals surface area contributed by atoms with Gasteiger partial charge in [0.05, 0.1) is 18.2 Å². The Morgan fingerprint density at radius 2 is 2.22 bits per heavy atom. The zero-order valence-electron chi connectivity index (χ0n) is 14.9. The number of pyridine rings is 1. The Morgan fingerprint density at radius 3 is 2.93 bits per heavy atom. The normalized spacial score (nSPS) is 25.1. The number of fused-ring (bicyclic) bond motifs is 2. The van der Waals surface area contributed by atoms with Crippen LogP contribution in [0, 0.1) is 0 Å². The maximum Gasteiger partial charge on any atom is 0.407 e. The van der Waals surface area contributed by atoms with E-state index in [-0.39, 0.29) is 23.8 Å². The predicted molar refractivity (Wildman–Crippen MR) is 97.9 cm³/mol. The lowest BCUT2D eigenvalue weighted by Gasteiger charge is -2.21. The summed E-state index contributed by atoms with van der Waals surface area (Å²) in [4.78, 5) is 29.9. The van der Waals surface area contributed by atoms with Gasteiger partial charge in [-0.05, 0) is 43.4 Å². The summed E-state index contributed by atoms with van der Waals surface area (Å²) >= 11 is 0. The number of aromatic nitrogens is 1. The lowest BCUT2D eigenvalue weighted by atomic mass is 10.1. The minimum absolute atomic E-state index is 0.0412. The highest BCUT2D eigenvalue weighted by Crippen LogP contribution is 2.42. The number of anilines is 1. The van der Waals surface area contributed by atoms with Gasteiger partial charge >= 0.3 is 6.09 Å². The van der Waals surface area contributed by atoms with E-state index in [0.717, 1.165) is 29.4 Å². The maximum atomic E-state index is 11.9. The van der Waals surface area contributed by atoms with Gasteiger partial charge in [0.25, 0.3) is 5.91 Å². The number of amides is 2. The number of ether oxygens (including phenoxy) is 2. The molecule has 0 bridgehead atoms. The van der Waals surface area contributed by atoms with Crippen molar-refractivity contribution in [3.63, 3.8) is 0 Å². The molecule has 1 aromatic carbocycles. The second kappa shape index (κ2) is 5.48. The Bertz CT molecular complexity index is 956. The number of carbonyl (C=O) groups is 2. The zero-order valence-corrected chi connectivity index (χ0v) is 14.9. The predicted octanol–water partition coefficient (Wildman–Crippen LogP) is 1.56. The number of primary amides is 1. The monoisotopic (exact) mass is 368 g/mol. The molecule has 3 N–H and O–H groups in total. The number of benzene rings is 1. The number of hydrogen-bond acceptors (Lipinski definition) is 6. The first kappa shape index (κ1) is 16.2. The summed E-state index contributed by atoms with van der Waals surface area (Å²) in [6, 6.07) is 5.43. The van der Waals surface area contributed by atoms with Crippen molar-refractivity contribution in [2.75, 3.05) is 18.0 Å². The largest absolute Gasteiger partial charge is 0.487 e. The average Bonchev–Trinajstić information content (AvgIpc) is 3.05. The van der Waals surface area contributed by atoms with Crippen molar-refractivity contribution in [1.29, 1.82) is 0 Å². The standard InChI is InChI=1S/C19H20N4O4/c1-19(3-4-19)27-14-7-11-10(6-12(14)16(20)24)2-5-21-17(11)23-8-13-15(9-23)26-18(25)22-13/h2,5-7,13,15H,3-4,8-9H2,1H3,(H2,20,24)(H,22,25)/t13-,15+/m0/s1. The van der Waals surface area contributed by atoms with Crippen molar-refractivity contribution in [3.05, 3.63) is 30.0 Å². The SMILES string of the molecule is CC1(Oc2cc3c(N4C[C@@H]5NC(=O)O[C@@H]5C4)nccc3cc2C(N)=O)CC1. The molecule has 5 rings (SSSR count). The molecule has 140 valence electrons. The van der Waals surface area contributed by atoms with E-state index in [0.29, 0.717) is 24.4 Å². The van der Waals surface area contributed by atoms with Crippen molar-refractivity contribution in [2.45, 2.75) is 37.5 Å². The Balaban J connectivity index is 1.56. The smallest absolute Gasteiger partial charge is 0.407 e. The van der Waals surface area contributed by atoms with Gasteiger partial charge in [-0.2, -0.15) is 0 Å². The molecule has 3 aliphatic rings. The van der Waals surface area contributed by atoms with Gasteiger partial charge in [-0.3, -0.25) is 4.79 Å². The highest BCUT2D eigenvalue weighted by atomic mass is 16.6. The molecule has 3 heterocycles. The molecular formula is C19H20N4O4. The number of rotatable bonds is 4. The molecule has 2 aromatic rings. The van der Waals surface area contributed by atoms with Crippen LogP contribution in [0.5, 0.6) is 5.75 Å². The lowest BCUT2D eigenvalue weighted by molar-refractivity contribution is 0.0992. The highest BCUT2D eigenvalue weighted by molar-refractivity contribution is 6.03. The topological polar surface area (TPSA) is 107 Å². The van der Waals surface area contributed by atoms with Crippen LogP contribution >= 0.6 is 0 Å². The van der Waals surface area contributed by atoms with Gasteiger partial charge in [-0.1, -0.05) is 0 Å². The van der Waals surface area contributed by atoms with Gasteiger partial charge in [0.2, 0.25) is 0 Å². The summed E-state index contributed by atoms with van der Waals surface area (Å²) in [5, 5.41) is 4.57. The molecule has 3 fully saturated rings. The number of carbonyl (C=O) groups excluding carboxylic acids is 2. The third-order valence-corrected chi connectivity index (χ3v) is 5.55. The molecule has 27 heavy (non-hydrogen) atoms. The van der Waals surface area contributed by atoms with E-state index in [1.54, 1.807) is 12.3 Å². The molecule has 0 spiro atoms. The second-order valence-corrected chi connectivity index (χ2v) is 7.72. The Labute approximate surface area is 155 Å². The van der Waals surface area contributed by atoms with Gasteiger partial charge in [0, 0.05) is 18.1 Å². The molecule has 8 heteroatoms. The Morgan fingerprint density at radius 1 is 1.41 bits per heavy atom. The summed E-state index contributed by atoms with van der Waals surface area (Å²) in [5.41, 5.74) is 5.72. The molecule has 2 atom stereocenters. The van der Waals surface area contributed by atoms with Crippen LogP contribution in [0.25, 0.3) is 10.8 Å². The van der Waals surface area contributed by atoms with Crippen LogP contribution < -0.4 is 20.7 Å².